The van der Waals surface area contributed by atoms with E-state index in [1.54, 1.807) is 18.2 Å². The Kier molecular flexibility index (Phi) is 5.38. The van der Waals surface area contributed by atoms with Gasteiger partial charge in [0.15, 0.2) is 0 Å². The van der Waals surface area contributed by atoms with Crippen molar-refractivity contribution in [2.75, 3.05) is 7.11 Å². The second-order valence-corrected chi connectivity index (χ2v) is 4.89. The lowest BCUT2D eigenvalue weighted by atomic mass is 10.0. The lowest BCUT2D eigenvalue weighted by Crippen LogP contribution is -2.16. The lowest BCUT2D eigenvalue weighted by Gasteiger charge is -2.08. The molecular formula is C16H15ClN2O3. The van der Waals surface area contributed by atoms with Crippen molar-refractivity contribution in [2.45, 2.75) is 6.42 Å². The highest BCUT2D eigenvalue weighted by molar-refractivity contribution is 6.31. The molecule has 6 heteroatoms. The molecule has 2 aromatic carbocycles. The van der Waals surface area contributed by atoms with Crippen LogP contribution in [0.2, 0.25) is 5.02 Å². The number of amides is 1. The number of rotatable bonds is 4. The van der Waals surface area contributed by atoms with Gasteiger partial charge in [-0.15, -0.1) is 0 Å². The van der Waals surface area contributed by atoms with E-state index in [9.17, 15) is 9.90 Å². The van der Waals surface area contributed by atoms with Gasteiger partial charge >= 0.3 is 6.09 Å². The first-order valence-corrected chi connectivity index (χ1v) is 6.91. The number of hydrazone groups is 1. The molecule has 114 valence electrons. The second kappa shape index (κ2) is 7.47. The average molecular weight is 319 g/mol. The predicted molar refractivity (Wildman–Crippen MR) is 85.5 cm³/mol. The summed E-state index contributed by atoms with van der Waals surface area (Å²) < 4.78 is 4.39. The number of halogens is 1. The number of nitrogens with one attached hydrogen (secondary N) is 1. The minimum atomic E-state index is -0.678. The Hall–Kier alpha value is -2.53. The van der Waals surface area contributed by atoms with E-state index in [-0.39, 0.29) is 5.75 Å². The molecule has 0 bridgehead atoms. The summed E-state index contributed by atoms with van der Waals surface area (Å²) in [5, 5.41) is 14.6. The molecule has 0 aliphatic heterocycles. The predicted octanol–water partition coefficient (Wildman–Crippen LogP) is 3.33. The van der Waals surface area contributed by atoms with Crippen molar-refractivity contribution < 1.29 is 14.6 Å². The Bertz CT molecular complexity index is 702. The zero-order valence-corrected chi connectivity index (χ0v) is 12.7. The van der Waals surface area contributed by atoms with Gasteiger partial charge in [0.05, 0.1) is 13.3 Å². The van der Waals surface area contributed by atoms with E-state index >= 15 is 0 Å². The van der Waals surface area contributed by atoms with Crippen LogP contribution in [-0.4, -0.2) is 24.5 Å². The first-order chi connectivity index (χ1) is 10.6. The molecule has 2 aromatic rings. The molecule has 0 saturated heterocycles. The third-order valence-electron chi connectivity index (χ3n) is 3.03. The summed E-state index contributed by atoms with van der Waals surface area (Å²) in [6, 6.07) is 12.8. The van der Waals surface area contributed by atoms with Crippen molar-refractivity contribution in [3.05, 3.63) is 64.2 Å². The molecule has 0 spiro atoms. The largest absolute Gasteiger partial charge is 0.507 e. The van der Waals surface area contributed by atoms with E-state index in [1.807, 2.05) is 24.3 Å². The van der Waals surface area contributed by atoms with Crippen LogP contribution in [-0.2, 0) is 11.2 Å². The van der Waals surface area contributed by atoms with Crippen LogP contribution in [0.5, 0.6) is 5.75 Å². The Balaban J connectivity index is 2.19. The fourth-order valence-electron chi connectivity index (χ4n) is 1.91. The van der Waals surface area contributed by atoms with E-state index in [2.05, 4.69) is 15.3 Å². The van der Waals surface area contributed by atoms with Crippen molar-refractivity contribution >= 4 is 23.9 Å². The van der Waals surface area contributed by atoms with E-state index in [0.717, 1.165) is 11.1 Å². The van der Waals surface area contributed by atoms with Crippen LogP contribution in [0.3, 0.4) is 0 Å². The molecule has 0 radical (unpaired) electrons. The van der Waals surface area contributed by atoms with E-state index in [4.69, 9.17) is 11.6 Å². The quantitative estimate of drug-likeness (QED) is 0.671. The van der Waals surface area contributed by atoms with Gasteiger partial charge in [-0.25, -0.2) is 10.2 Å². The Morgan fingerprint density at radius 3 is 2.73 bits per heavy atom. The number of benzene rings is 2. The highest BCUT2D eigenvalue weighted by atomic mass is 35.5. The van der Waals surface area contributed by atoms with Gasteiger partial charge in [-0.3, -0.25) is 0 Å². The molecule has 2 N–H and O–H groups in total. The van der Waals surface area contributed by atoms with Gasteiger partial charge in [0.2, 0.25) is 0 Å². The monoisotopic (exact) mass is 318 g/mol. The van der Waals surface area contributed by atoms with E-state index in [0.29, 0.717) is 17.0 Å². The molecule has 5 nitrogen and oxygen atoms in total. The van der Waals surface area contributed by atoms with Crippen LogP contribution >= 0.6 is 11.6 Å². The van der Waals surface area contributed by atoms with Crippen molar-refractivity contribution in [3.63, 3.8) is 0 Å². The first-order valence-electron chi connectivity index (χ1n) is 6.53. The summed E-state index contributed by atoms with van der Waals surface area (Å²) in [5.74, 6) is 0.0952. The van der Waals surface area contributed by atoms with E-state index < -0.39 is 6.09 Å². The topological polar surface area (TPSA) is 70.9 Å². The second-order valence-electron chi connectivity index (χ2n) is 4.48. The molecule has 0 aliphatic rings. The number of para-hydroxylation sites is 1. The molecule has 2 rings (SSSR count). The van der Waals surface area contributed by atoms with Crippen molar-refractivity contribution in [1.29, 1.82) is 0 Å². The van der Waals surface area contributed by atoms with Crippen molar-refractivity contribution in [3.8, 4) is 5.75 Å². The third-order valence-corrected chi connectivity index (χ3v) is 3.40. The van der Waals surface area contributed by atoms with Gasteiger partial charge in [0.1, 0.15) is 5.75 Å². The average Bonchev–Trinajstić information content (AvgIpc) is 2.52. The van der Waals surface area contributed by atoms with Crippen molar-refractivity contribution in [2.24, 2.45) is 5.10 Å². The molecule has 0 unspecified atom stereocenters. The molecule has 0 aliphatic carbocycles. The van der Waals surface area contributed by atoms with Gasteiger partial charge in [-0.1, -0.05) is 41.9 Å². The zero-order chi connectivity index (χ0) is 15.9. The van der Waals surface area contributed by atoms with Crippen LogP contribution in [0.15, 0.2) is 47.6 Å². The zero-order valence-electron chi connectivity index (χ0n) is 11.9. The summed E-state index contributed by atoms with van der Waals surface area (Å²) in [6.07, 6.45) is 1.17. The normalized spacial score (nSPS) is 10.6. The number of hydrogen-bond donors (Lipinski definition) is 2. The van der Waals surface area contributed by atoms with Crippen LogP contribution in [0.4, 0.5) is 4.79 Å². The lowest BCUT2D eigenvalue weighted by molar-refractivity contribution is 0.171. The summed E-state index contributed by atoms with van der Waals surface area (Å²) >= 11 is 6.13. The molecule has 0 atom stereocenters. The molecule has 1 amide bonds. The number of carbonyl (C=O) groups excluding carboxylic acids is 1. The van der Waals surface area contributed by atoms with Crippen LogP contribution < -0.4 is 5.43 Å². The van der Waals surface area contributed by atoms with Gasteiger partial charge < -0.3 is 9.84 Å². The molecule has 0 saturated carbocycles. The number of nitrogens with zero attached hydrogens (tertiary/aromatic N) is 1. The highest BCUT2D eigenvalue weighted by Crippen LogP contribution is 2.26. The number of methoxy groups -OCH3 is 1. The molecule has 22 heavy (non-hydrogen) atoms. The standard InChI is InChI=1S/C16H15ClN2O3/c1-22-16(21)19-18-10-13-7-4-6-12(15(13)20)9-11-5-2-3-8-14(11)17/h2-8,10,20H,9H2,1H3,(H,19,21)/b18-10-. The highest BCUT2D eigenvalue weighted by Gasteiger charge is 2.08. The Labute approximate surface area is 133 Å². The minimum absolute atomic E-state index is 0.0952. The molecular weight excluding hydrogens is 304 g/mol. The van der Waals surface area contributed by atoms with Crippen LogP contribution in [0.1, 0.15) is 16.7 Å². The van der Waals surface area contributed by atoms with E-state index in [1.165, 1.54) is 13.3 Å². The van der Waals surface area contributed by atoms with Crippen LogP contribution in [0.25, 0.3) is 0 Å². The molecule has 0 heterocycles. The Morgan fingerprint density at radius 1 is 1.27 bits per heavy atom. The number of hydrogen-bond acceptors (Lipinski definition) is 4. The maximum Gasteiger partial charge on any atom is 0.427 e. The third kappa shape index (κ3) is 3.99. The van der Waals surface area contributed by atoms with Crippen LogP contribution in [0, 0.1) is 0 Å². The van der Waals surface area contributed by atoms with Gasteiger partial charge in [0.25, 0.3) is 0 Å². The maximum absolute atomic E-state index is 10.9. The number of carbonyl (C=O) groups is 1. The fraction of sp³-hybridized carbons (Fsp3) is 0.125. The van der Waals surface area contributed by atoms with Gasteiger partial charge in [-0.2, -0.15) is 5.10 Å². The minimum Gasteiger partial charge on any atom is -0.507 e. The maximum atomic E-state index is 10.9. The number of phenols is 1. The molecule has 0 aromatic heterocycles. The first kappa shape index (κ1) is 15.9. The molecule has 0 fully saturated rings. The summed E-state index contributed by atoms with van der Waals surface area (Å²) in [7, 11) is 1.24. The fourth-order valence-corrected chi connectivity index (χ4v) is 2.11. The van der Waals surface area contributed by atoms with Gasteiger partial charge in [-0.05, 0) is 23.3 Å². The van der Waals surface area contributed by atoms with Gasteiger partial charge in [0, 0.05) is 17.0 Å². The summed E-state index contributed by atoms with van der Waals surface area (Å²) in [5.41, 5.74) is 4.28. The SMILES string of the molecule is COC(=O)N/N=C\c1cccc(Cc2ccccc2Cl)c1O. The summed E-state index contributed by atoms with van der Waals surface area (Å²) in [6.45, 7) is 0. The smallest absolute Gasteiger partial charge is 0.427 e. The van der Waals surface area contributed by atoms with Crippen molar-refractivity contribution in [1.82, 2.24) is 5.43 Å². The number of phenolic OH excluding ortho intramolecular Hbond substituents is 1. The Morgan fingerprint density at radius 2 is 2.00 bits per heavy atom. The number of ether oxygens (including phenoxy) is 1. The summed E-state index contributed by atoms with van der Waals surface area (Å²) in [4.78, 5) is 10.9. The number of aromatic hydroxyl groups is 1.